The maximum Gasteiger partial charge on any atom is 0.181 e. The van der Waals surface area contributed by atoms with Crippen LogP contribution in [0.4, 0.5) is 0 Å². The Morgan fingerprint density at radius 2 is 1.00 bits per heavy atom. The molecule has 0 amide bonds. The summed E-state index contributed by atoms with van der Waals surface area (Å²) in [5, 5.41) is 12.0. The second-order valence-electron chi connectivity index (χ2n) is 3.70. The van der Waals surface area contributed by atoms with Gasteiger partial charge >= 0.3 is 0 Å². The van der Waals surface area contributed by atoms with Crippen LogP contribution in [0.2, 0.25) is 0 Å². The number of para-hydroxylation sites is 2. The molecule has 0 fully saturated rings. The summed E-state index contributed by atoms with van der Waals surface area (Å²) in [4.78, 5) is 10.6. The number of benzene rings is 2. The molecular formula is C14H16O4. The van der Waals surface area contributed by atoms with E-state index in [2.05, 4.69) is 0 Å². The van der Waals surface area contributed by atoms with Gasteiger partial charge in [-0.3, -0.25) is 20.3 Å². The zero-order chi connectivity index (χ0) is 13.4. The molecule has 0 aliphatic rings. The maximum absolute atomic E-state index is 6.00. The van der Waals surface area contributed by atoms with Gasteiger partial charge in [0.15, 0.2) is 11.5 Å². The molecule has 4 heteroatoms. The van der Waals surface area contributed by atoms with Crippen LogP contribution < -0.4 is 9.78 Å². The molecule has 0 heterocycles. The number of aryl methyl sites for hydroxylation is 2. The third kappa shape index (κ3) is 3.76. The van der Waals surface area contributed by atoms with E-state index in [9.17, 15) is 0 Å². The van der Waals surface area contributed by atoms with E-state index in [1.54, 1.807) is 0 Å². The molecule has 4 nitrogen and oxygen atoms in total. The lowest BCUT2D eigenvalue weighted by Gasteiger charge is -2.09. The second kappa shape index (κ2) is 7.32. The minimum atomic E-state index is 0.741. The summed E-state index contributed by atoms with van der Waals surface area (Å²) in [5.41, 5.74) is 2.10. The number of hydrogen-bond acceptors (Lipinski definition) is 4. The summed E-state index contributed by atoms with van der Waals surface area (Å²) in [6, 6.07) is 15.5. The summed E-state index contributed by atoms with van der Waals surface area (Å²) < 4.78 is 0. The summed E-state index contributed by atoms with van der Waals surface area (Å²) in [7, 11) is 0. The van der Waals surface area contributed by atoms with Crippen molar-refractivity contribution in [1.29, 1.82) is 0 Å². The van der Waals surface area contributed by atoms with Crippen LogP contribution in [0.5, 0.6) is 11.5 Å². The van der Waals surface area contributed by atoms with Crippen LogP contribution >= 0.6 is 0 Å². The van der Waals surface area contributed by atoms with Crippen molar-refractivity contribution in [1.82, 2.24) is 0 Å². The van der Waals surface area contributed by atoms with Crippen molar-refractivity contribution in [2.75, 3.05) is 0 Å². The Balaban J connectivity index is 0.000000771. The van der Waals surface area contributed by atoms with E-state index in [1.165, 1.54) is 0 Å². The molecule has 0 atom stereocenters. The fourth-order valence-corrected chi connectivity index (χ4v) is 1.39. The molecule has 0 saturated heterocycles. The lowest BCUT2D eigenvalue weighted by atomic mass is 10.2. The fraction of sp³-hybridized carbons (Fsp3) is 0.143. The minimum Gasteiger partial charge on any atom is -0.290 e. The van der Waals surface area contributed by atoms with Crippen LogP contribution in [-0.2, 0) is 0 Å². The molecule has 0 aliphatic heterocycles. The van der Waals surface area contributed by atoms with E-state index in [1.807, 2.05) is 62.4 Å². The average Bonchev–Trinajstić information content (AvgIpc) is 2.42. The van der Waals surface area contributed by atoms with Gasteiger partial charge in [0.1, 0.15) is 0 Å². The van der Waals surface area contributed by atoms with E-state index in [-0.39, 0.29) is 0 Å². The molecule has 2 N–H and O–H groups in total. The predicted octanol–water partition coefficient (Wildman–Crippen LogP) is 3.69. The Labute approximate surface area is 106 Å². The van der Waals surface area contributed by atoms with Gasteiger partial charge in [-0.05, 0) is 37.1 Å². The molecule has 0 unspecified atom stereocenters. The zero-order valence-electron chi connectivity index (χ0n) is 10.3. The first-order chi connectivity index (χ1) is 8.77. The van der Waals surface area contributed by atoms with Crippen LogP contribution in [0, 0.1) is 13.8 Å². The van der Waals surface area contributed by atoms with E-state index < -0.39 is 0 Å². The van der Waals surface area contributed by atoms with Crippen LogP contribution in [0.15, 0.2) is 48.5 Å². The maximum atomic E-state index is 6.00. The van der Waals surface area contributed by atoms with Gasteiger partial charge in [0.2, 0.25) is 0 Å². The highest BCUT2D eigenvalue weighted by Crippen LogP contribution is 2.20. The van der Waals surface area contributed by atoms with Crippen molar-refractivity contribution in [3.05, 3.63) is 59.7 Å². The number of hydrogen-bond donors (Lipinski definition) is 2. The normalized spacial score (nSPS) is 9.11. The van der Waals surface area contributed by atoms with Crippen LogP contribution in [0.3, 0.4) is 0 Å². The SMILES string of the molecule is Cc1ccccc1OOc1ccccc1C.OO. The molecule has 0 spiro atoms. The molecule has 96 valence electrons. The molecular weight excluding hydrogens is 232 g/mol. The lowest BCUT2D eigenvalue weighted by Crippen LogP contribution is -2.02. The fourth-order valence-electron chi connectivity index (χ4n) is 1.39. The van der Waals surface area contributed by atoms with Crippen molar-refractivity contribution in [3.63, 3.8) is 0 Å². The quantitative estimate of drug-likeness (QED) is 0.642. The standard InChI is InChI=1S/C14H14O2.H2O2/c1-11-7-3-5-9-13(11)15-16-14-10-6-4-8-12(14)2;1-2/h3-10H,1-2H3;1-2H. The smallest absolute Gasteiger partial charge is 0.181 e. The average molecular weight is 248 g/mol. The minimum absolute atomic E-state index is 0.741. The Bertz CT molecular complexity index is 437. The van der Waals surface area contributed by atoms with Gasteiger partial charge in [0, 0.05) is 0 Å². The van der Waals surface area contributed by atoms with Gasteiger partial charge in [0.25, 0.3) is 0 Å². The topological polar surface area (TPSA) is 58.9 Å². The highest BCUT2D eigenvalue weighted by Gasteiger charge is 2.02. The zero-order valence-corrected chi connectivity index (χ0v) is 10.3. The van der Waals surface area contributed by atoms with E-state index in [4.69, 9.17) is 20.3 Å². The monoisotopic (exact) mass is 248 g/mol. The third-order valence-corrected chi connectivity index (χ3v) is 2.41. The van der Waals surface area contributed by atoms with Gasteiger partial charge in [-0.15, -0.1) is 0 Å². The van der Waals surface area contributed by atoms with Gasteiger partial charge in [0.05, 0.1) is 0 Å². The predicted molar refractivity (Wildman–Crippen MR) is 68.9 cm³/mol. The van der Waals surface area contributed by atoms with Crippen LogP contribution in [0.1, 0.15) is 11.1 Å². The molecule has 0 bridgehead atoms. The van der Waals surface area contributed by atoms with Crippen LogP contribution in [-0.4, -0.2) is 10.5 Å². The first-order valence-electron chi connectivity index (χ1n) is 5.43. The summed E-state index contributed by atoms with van der Waals surface area (Å²) >= 11 is 0. The molecule has 2 aromatic rings. The molecule has 2 aromatic carbocycles. The molecule has 0 saturated carbocycles. The van der Waals surface area contributed by atoms with Gasteiger partial charge in [-0.2, -0.15) is 0 Å². The summed E-state index contributed by atoms with van der Waals surface area (Å²) in [6.45, 7) is 3.97. The van der Waals surface area contributed by atoms with E-state index in [0.29, 0.717) is 0 Å². The Hall–Kier alpha value is -2.04. The molecule has 2 rings (SSSR count). The highest BCUT2D eigenvalue weighted by molar-refractivity contribution is 5.33. The highest BCUT2D eigenvalue weighted by atomic mass is 17.2. The van der Waals surface area contributed by atoms with E-state index in [0.717, 1.165) is 22.6 Å². The molecule has 18 heavy (non-hydrogen) atoms. The van der Waals surface area contributed by atoms with Crippen molar-refractivity contribution >= 4 is 0 Å². The van der Waals surface area contributed by atoms with Crippen molar-refractivity contribution in [2.45, 2.75) is 13.8 Å². The lowest BCUT2D eigenvalue weighted by molar-refractivity contribution is -0.176. The van der Waals surface area contributed by atoms with Crippen molar-refractivity contribution in [2.24, 2.45) is 0 Å². The van der Waals surface area contributed by atoms with Gasteiger partial charge in [-0.25, -0.2) is 0 Å². The molecule has 0 aromatic heterocycles. The van der Waals surface area contributed by atoms with Crippen molar-refractivity contribution < 1.29 is 20.3 Å². The van der Waals surface area contributed by atoms with Crippen molar-refractivity contribution in [3.8, 4) is 11.5 Å². The summed E-state index contributed by atoms with van der Waals surface area (Å²) in [5.74, 6) is 1.48. The van der Waals surface area contributed by atoms with Gasteiger partial charge in [-0.1, -0.05) is 36.4 Å². The van der Waals surface area contributed by atoms with Crippen LogP contribution in [0.25, 0.3) is 0 Å². The van der Waals surface area contributed by atoms with Gasteiger partial charge < -0.3 is 0 Å². The van der Waals surface area contributed by atoms with E-state index >= 15 is 0 Å². The number of rotatable bonds is 3. The first kappa shape index (κ1) is 14.0. The Kier molecular flexibility index (Phi) is 5.70. The second-order valence-corrected chi connectivity index (χ2v) is 3.70. The Morgan fingerprint density at radius 3 is 1.33 bits per heavy atom. The molecule has 0 aliphatic carbocycles. The first-order valence-corrected chi connectivity index (χ1v) is 5.43. The largest absolute Gasteiger partial charge is 0.290 e. The Morgan fingerprint density at radius 1 is 0.667 bits per heavy atom. The third-order valence-electron chi connectivity index (χ3n) is 2.41. The summed E-state index contributed by atoms with van der Waals surface area (Å²) in [6.07, 6.45) is 0. The molecule has 0 radical (unpaired) electrons.